The molecule has 0 bridgehead atoms. The van der Waals surface area contributed by atoms with Crippen molar-refractivity contribution in [2.45, 2.75) is 26.8 Å². The highest BCUT2D eigenvalue weighted by Crippen LogP contribution is 2.22. The number of aromatic nitrogens is 3. The second-order valence-electron chi connectivity index (χ2n) is 4.76. The molecule has 6 nitrogen and oxygen atoms in total. The van der Waals surface area contributed by atoms with E-state index < -0.39 is 0 Å². The van der Waals surface area contributed by atoms with E-state index in [2.05, 4.69) is 20.3 Å². The molecular weight excluding hydrogens is 274 g/mol. The molecule has 104 valence electrons. The summed E-state index contributed by atoms with van der Waals surface area (Å²) in [5.41, 5.74) is 3.01. The van der Waals surface area contributed by atoms with Gasteiger partial charge < -0.3 is 4.90 Å². The van der Waals surface area contributed by atoms with Crippen LogP contribution in [0.5, 0.6) is 0 Å². The first-order valence-corrected chi connectivity index (χ1v) is 7.23. The molecule has 3 heterocycles. The number of hydrogen-bond donors (Lipinski definition) is 1. The first-order valence-electron chi connectivity index (χ1n) is 6.41. The van der Waals surface area contributed by atoms with Crippen LogP contribution in [0.1, 0.15) is 21.8 Å². The predicted octanol–water partition coefficient (Wildman–Crippen LogP) is 2.14. The van der Waals surface area contributed by atoms with Crippen molar-refractivity contribution in [3.8, 4) is 0 Å². The van der Waals surface area contributed by atoms with Gasteiger partial charge in [-0.25, -0.2) is 19.7 Å². The largest absolute Gasteiger partial charge is 0.324 e. The second kappa shape index (κ2) is 5.16. The number of amides is 2. The van der Waals surface area contributed by atoms with Crippen LogP contribution >= 0.6 is 11.3 Å². The number of urea groups is 1. The van der Waals surface area contributed by atoms with Gasteiger partial charge in [0, 0.05) is 17.6 Å². The molecule has 2 aromatic rings. The van der Waals surface area contributed by atoms with Gasteiger partial charge in [0.15, 0.2) is 5.13 Å². The minimum Gasteiger partial charge on any atom is -0.318 e. The lowest BCUT2D eigenvalue weighted by atomic mass is 10.1. The Morgan fingerprint density at radius 3 is 3.05 bits per heavy atom. The summed E-state index contributed by atoms with van der Waals surface area (Å²) in [6.07, 6.45) is 4.14. The zero-order valence-corrected chi connectivity index (χ0v) is 12.2. The van der Waals surface area contributed by atoms with Crippen molar-refractivity contribution in [2.24, 2.45) is 0 Å². The van der Waals surface area contributed by atoms with Gasteiger partial charge in [0.05, 0.1) is 17.9 Å². The van der Waals surface area contributed by atoms with Crippen molar-refractivity contribution in [1.82, 2.24) is 19.9 Å². The Morgan fingerprint density at radius 2 is 2.30 bits per heavy atom. The quantitative estimate of drug-likeness (QED) is 0.873. The number of fused-ring (bicyclic) bond motifs is 1. The smallest absolute Gasteiger partial charge is 0.318 e. The second-order valence-corrected chi connectivity index (χ2v) is 5.96. The number of thiazole rings is 1. The zero-order valence-electron chi connectivity index (χ0n) is 11.4. The molecule has 0 spiro atoms. The SMILES string of the molecule is Cc1nc(NC(=O)N2CCc3cncnc3C2)sc1C. The van der Waals surface area contributed by atoms with Crippen LogP contribution in [0.4, 0.5) is 9.93 Å². The summed E-state index contributed by atoms with van der Waals surface area (Å²) in [6, 6.07) is -0.122. The van der Waals surface area contributed by atoms with Gasteiger partial charge in [0.1, 0.15) is 6.33 Å². The number of nitrogens with one attached hydrogen (secondary N) is 1. The lowest BCUT2D eigenvalue weighted by molar-refractivity contribution is 0.205. The van der Waals surface area contributed by atoms with Crippen LogP contribution in [0.25, 0.3) is 0 Å². The fraction of sp³-hybridized carbons (Fsp3) is 0.385. The normalized spacial score (nSPS) is 14.0. The van der Waals surface area contributed by atoms with Gasteiger partial charge in [-0.1, -0.05) is 0 Å². The van der Waals surface area contributed by atoms with Gasteiger partial charge >= 0.3 is 6.03 Å². The molecule has 2 amide bonds. The Hall–Kier alpha value is -2.02. The highest BCUT2D eigenvalue weighted by molar-refractivity contribution is 7.15. The van der Waals surface area contributed by atoms with E-state index in [0.717, 1.165) is 28.2 Å². The molecule has 0 radical (unpaired) electrons. The van der Waals surface area contributed by atoms with Crippen molar-refractivity contribution in [2.75, 3.05) is 11.9 Å². The molecule has 1 aliphatic rings. The van der Waals surface area contributed by atoms with Crippen LogP contribution in [0.3, 0.4) is 0 Å². The fourth-order valence-corrected chi connectivity index (χ4v) is 2.92. The Kier molecular flexibility index (Phi) is 3.35. The first-order chi connectivity index (χ1) is 9.63. The Bertz CT molecular complexity index is 634. The van der Waals surface area contributed by atoms with Crippen LogP contribution < -0.4 is 5.32 Å². The van der Waals surface area contributed by atoms with E-state index in [-0.39, 0.29) is 6.03 Å². The van der Waals surface area contributed by atoms with Crippen LogP contribution in [-0.4, -0.2) is 32.4 Å². The molecule has 3 rings (SSSR count). The maximum Gasteiger partial charge on any atom is 0.324 e. The number of carbonyl (C=O) groups is 1. The van der Waals surface area contributed by atoms with E-state index >= 15 is 0 Å². The lowest BCUT2D eigenvalue weighted by Gasteiger charge is -2.27. The number of carbonyl (C=O) groups excluding carboxylic acids is 1. The van der Waals surface area contributed by atoms with Crippen molar-refractivity contribution in [3.63, 3.8) is 0 Å². The number of anilines is 1. The number of rotatable bonds is 1. The molecule has 0 saturated heterocycles. The summed E-state index contributed by atoms with van der Waals surface area (Å²) >= 11 is 1.50. The molecule has 0 atom stereocenters. The molecule has 20 heavy (non-hydrogen) atoms. The zero-order chi connectivity index (χ0) is 14.1. The molecule has 1 N–H and O–H groups in total. The summed E-state index contributed by atoms with van der Waals surface area (Å²) in [5, 5.41) is 3.51. The maximum absolute atomic E-state index is 12.2. The third kappa shape index (κ3) is 2.49. The highest BCUT2D eigenvalue weighted by atomic mass is 32.1. The summed E-state index contributed by atoms with van der Waals surface area (Å²) in [6.45, 7) is 5.13. The van der Waals surface area contributed by atoms with E-state index in [0.29, 0.717) is 18.2 Å². The number of hydrogen-bond acceptors (Lipinski definition) is 5. The lowest BCUT2D eigenvalue weighted by Crippen LogP contribution is -2.39. The maximum atomic E-state index is 12.2. The Labute approximate surface area is 120 Å². The van der Waals surface area contributed by atoms with Crippen molar-refractivity contribution in [3.05, 3.63) is 34.4 Å². The Balaban J connectivity index is 1.70. The summed E-state index contributed by atoms with van der Waals surface area (Å²) in [4.78, 5) is 27.7. The van der Waals surface area contributed by atoms with Crippen molar-refractivity contribution in [1.29, 1.82) is 0 Å². The molecule has 0 fully saturated rings. The molecule has 0 unspecified atom stereocenters. The Morgan fingerprint density at radius 1 is 1.45 bits per heavy atom. The average molecular weight is 289 g/mol. The van der Waals surface area contributed by atoms with Crippen molar-refractivity contribution < 1.29 is 4.79 Å². The van der Waals surface area contributed by atoms with Crippen LogP contribution in [0, 0.1) is 13.8 Å². The highest BCUT2D eigenvalue weighted by Gasteiger charge is 2.22. The molecule has 0 saturated carbocycles. The van der Waals surface area contributed by atoms with Gasteiger partial charge in [-0.15, -0.1) is 11.3 Å². The molecule has 0 aliphatic carbocycles. The predicted molar refractivity (Wildman–Crippen MR) is 76.8 cm³/mol. The number of nitrogens with zero attached hydrogens (tertiary/aromatic N) is 4. The van der Waals surface area contributed by atoms with Gasteiger partial charge in [0.25, 0.3) is 0 Å². The monoisotopic (exact) mass is 289 g/mol. The van der Waals surface area contributed by atoms with Crippen LogP contribution in [0.2, 0.25) is 0 Å². The first kappa shape index (κ1) is 13.0. The van der Waals surface area contributed by atoms with Gasteiger partial charge in [-0.05, 0) is 25.8 Å². The van der Waals surface area contributed by atoms with Crippen molar-refractivity contribution >= 4 is 22.5 Å². The molecule has 0 aromatic carbocycles. The summed E-state index contributed by atoms with van der Waals surface area (Å²) in [7, 11) is 0. The third-order valence-corrected chi connectivity index (χ3v) is 4.39. The molecule has 1 aliphatic heterocycles. The molecule has 2 aromatic heterocycles. The summed E-state index contributed by atoms with van der Waals surface area (Å²) < 4.78 is 0. The van der Waals surface area contributed by atoms with Gasteiger partial charge in [-0.3, -0.25) is 5.32 Å². The summed E-state index contributed by atoms with van der Waals surface area (Å²) in [5.74, 6) is 0. The number of aryl methyl sites for hydroxylation is 2. The van der Waals surface area contributed by atoms with E-state index in [1.807, 2.05) is 20.0 Å². The average Bonchev–Trinajstić information content (AvgIpc) is 2.76. The van der Waals surface area contributed by atoms with Gasteiger partial charge in [0.2, 0.25) is 0 Å². The molecule has 7 heteroatoms. The fourth-order valence-electron chi connectivity index (χ4n) is 2.12. The van der Waals surface area contributed by atoms with E-state index in [4.69, 9.17) is 0 Å². The van der Waals surface area contributed by atoms with Crippen LogP contribution in [-0.2, 0) is 13.0 Å². The molecular formula is C13H15N5OS. The van der Waals surface area contributed by atoms with E-state index in [1.54, 1.807) is 4.90 Å². The van der Waals surface area contributed by atoms with Crippen LogP contribution in [0.15, 0.2) is 12.5 Å². The third-order valence-electron chi connectivity index (χ3n) is 3.40. The standard InChI is InChI=1S/C13H15N5OS/c1-8-9(2)20-12(16-8)17-13(19)18-4-3-10-5-14-7-15-11(10)6-18/h5,7H,3-4,6H2,1-2H3,(H,16,17,19). The minimum atomic E-state index is -0.122. The minimum absolute atomic E-state index is 0.122. The van der Waals surface area contributed by atoms with E-state index in [1.165, 1.54) is 17.7 Å². The van der Waals surface area contributed by atoms with Gasteiger partial charge in [-0.2, -0.15) is 0 Å². The van der Waals surface area contributed by atoms with E-state index in [9.17, 15) is 4.79 Å². The topological polar surface area (TPSA) is 71.0 Å².